The zero-order chi connectivity index (χ0) is 18.9. The van der Waals surface area contributed by atoms with E-state index >= 15 is 0 Å². The molecule has 0 saturated heterocycles. The van der Waals surface area contributed by atoms with Crippen LogP contribution in [0.1, 0.15) is 25.7 Å². The SMILES string of the molecule is COc1ccc(OCC(=O)N2N=C3CCCC[C@@H]3[C@]2(O)C(F)(F)F)cc1. The Kier molecular flexibility index (Phi) is 4.83. The van der Waals surface area contributed by atoms with Crippen LogP contribution in [0.4, 0.5) is 13.2 Å². The van der Waals surface area contributed by atoms with Crippen molar-refractivity contribution in [1.29, 1.82) is 0 Å². The first kappa shape index (κ1) is 18.5. The number of methoxy groups -OCH3 is 1. The minimum atomic E-state index is -5.02. The van der Waals surface area contributed by atoms with Gasteiger partial charge in [-0.1, -0.05) is 6.42 Å². The van der Waals surface area contributed by atoms with Crippen molar-refractivity contribution in [2.24, 2.45) is 11.0 Å². The van der Waals surface area contributed by atoms with E-state index in [4.69, 9.17) is 9.47 Å². The van der Waals surface area contributed by atoms with Crippen molar-refractivity contribution in [1.82, 2.24) is 5.01 Å². The minimum Gasteiger partial charge on any atom is -0.497 e. The Balaban J connectivity index is 1.76. The number of amides is 1. The van der Waals surface area contributed by atoms with E-state index in [2.05, 4.69) is 5.10 Å². The molecular formula is C17H19F3N2O4. The number of fused-ring (bicyclic) bond motifs is 1. The summed E-state index contributed by atoms with van der Waals surface area (Å²) >= 11 is 0. The van der Waals surface area contributed by atoms with Crippen LogP contribution >= 0.6 is 0 Å². The highest BCUT2D eigenvalue weighted by Crippen LogP contribution is 2.48. The topological polar surface area (TPSA) is 71.4 Å². The van der Waals surface area contributed by atoms with Crippen molar-refractivity contribution in [3.05, 3.63) is 24.3 Å². The molecule has 1 aromatic carbocycles. The maximum Gasteiger partial charge on any atom is 0.439 e. The molecule has 2 aliphatic rings. The van der Waals surface area contributed by atoms with Gasteiger partial charge in [0.25, 0.3) is 11.6 Å². The fourth-order valence-corrected chi connectivity index (χ4v) is 3.34. The third-order valence-corrected chi connectivity index (χ3v) is 4.69. The monoisotopic (exact) mass is 372 g/mol. The molecule has 0 bridgehead atoms. The molecule has 1 N–H and O–H groups in total. The standard InChI is InChI=1S/C17H19F3N2O4/c1-25-11-6-8-12(9-7-11)26-10-15(23)22-16(24,17(18,19)20)13-4-2-3-5-14(13)21-22/h6-9,13,24H,2-5,10H2,1H3/t13-,16-/m0/s1. The van der Waals surface area contributed by atoms with Crippen molar-refractivity contribution in [3.8, 4) is 11.5 Å². The van der Waals surface area contributed by atoms with E-state index in [1.807, 2.05) is 0 Å². The van der Waals surface area contributed by atoms with Crippen molar-refractivity contribution in [3.63, 3.8) is 0 Å². The zero-order valence-electron chi connectivity index (χ0n) is 14.1. The van der Waals surface area contributed by atoms with Gasteiger partial charge in [-0.25, -0.2) is 0 Å². The van der Waals surface area contributed by atoms with Gasteiger partial charge in [0.15, 0.2) is 6.61 Å². The average molecular weight is 372 g/mol. The summed E-state index contributed by atoms with van der Waals surface area (Å²) in [5.41, 5.74) is -3.10. The van der Waals surface area contributed by atoms with Gasteiger partial charge in [0, 0.05) is 5.71 Å². The summed E-state index contributed by atoms with van der Waals surface area (Å²) in [6, 6.07) is 6.24. The molecule has 1 heterocycles. The third-order valence-electron chi connectivity index (χ3n) is 4.69. The van der Waals surface area contributed by atoms with E-state index in [1.165, 1.54) is 19.2 Å². The number of benzene rings is 1. The lowest BCUT2D eigenvalue weighted by Crippen LogP contribution is -2.62. The fraction of sp³-hybridized carbons (Fsp3) is 0.529. The molecule has 26 heavy (non-hydrogen) atoms. The lowest BCUT2D eigenvalue weighted by Gasteiger charge is -2.38. The Morgan fingerprint density at radius 3 is 2.58 bits per heavy atom. The summed E-state index contributed by atoms with van der Waals surface area (Å²) in [6.45, 7) is -0.672. The van der Waals surface area contributed by atoms with Gasteiger partial charge in [-0.2, -0.15) is 23.3 Å². The van der Waals surface area contributed by atoms with Crippen LogP contribution in [0.15, 0.2) is 29.4 Å². The smallest absolute Gasteiger partial charge is 0.439 e. The molecule has 1 aliphatic heterocycles. The van der Waals surface area contributed by atoms with E-state index in [-0.39, 0.29) is 17.1 Å². The highest BCUT2D eigenvalue weighted by molar-refractivity contribution is 5.93. The van der Waals surface area contributed by atoms with Crippen LogP contribution in [0, 0.1) is 5.92 Å². The van der Waals surface area contributed by atoms with Crippen LogP contribution in [-0.2, 0) is 4.79 Å². The highest BCUT2D eigenvalue weighted by Gasteiger charge is 2.68. The molecule has 0 radical (unpaired) electrons. The second-order valence-electron chi connectivity index (χ2n) is 6.28. The van der Waals surface area contributed by atoms with Gasteiger partial charge < -0.3 is 14.6 Å². The van der Waals surface area contributed by atoms with E-state index < -0.39 is 30.3 Å². The number of hydrazone groups is 1. The van der Waals surface area contributed by atoms with E-state index in [9.17, 15) is 23.1 Å². The molecule has 0 aromatic heterocycles. The Hall–Kier alpha value is -2.29. The molecule has 1 aromatic rings. The van der Waals surface area contributed by atoms with E-state index in [0.717, 1.165) is 0 Å². The molecule has 1 fully saturated rings. The van der Waals surface area contributed by atoms with Crippen LogP contribution in [0.5, 0.6) is 11.5 Å². The quantitative estimate of drug-likeness (QED) is 0.882. The normalized spacial score (nSPS) is 25.5. The van der Waals surface area contributed by atoms with E-state index in [1.54, 1.807) is 12.1 Å². The van der Waals surface area contributed by atoms with E-state index in [0.29, 0.717) is 30.8 Å². The van der Waals surface area contributed by atoms with Gasteiger partial charge in [0.2, 0.25) is 0 Å². The summed E-state index contributed by atoms with van der Waals surface area (Å²) in [4.78, 5) is 12.4. The molecule has 6 nitrogen and oxygen atoms in total. The Bertz CT molecular complexity index is 705. The molecule has 9 heteroatoms. The highest BCUT2D eigenvalue weighted by atomic mass is 19.4. The maximum absolute atomic E-state index is 13.6. The lowest BCUT2D eigenvalue weighted by molar-refractivity contribution is -0.317. The number of hydrogen-bond donors (Lipinski definition) is 1. The van der Waals surface area contributed by atoms with Gasteiger partial charge in [-0.3, -0.25) is 4.79 Å². The number of alkyl halides is 3. The van der Waals surface area contributed by atoms with Crippen molar-refractivity contribution < 1.29 is 32.5 Å². The fourth-order valence-electron chi connectivity index (χ4n) is 3.34. The molecule has 2 atom stereocenters. The van der Waals surface area contributed by atoms with Crippen molar-refractivity contribution >= 4 is 11.6 Å². The number of hydrogen-bond acceptors (Lipinski definition) is 5. The first-order valence-electron chi connectivity index (χ1n) is 8.23. The predicted molar refractivity (Wildman–Crippen MR) is 85.7 cm³/mol. The summed E-state index contributed by atoms with van der Waals surface area (Å²) in [6.07, 6.45) is -3.31. The molecule has 0 spiro atoms. The number of carbonyl (C=O) groups is 1. The molecule has 0 unspecified atom stereocenters. The number of rotatable bonds is 4. The maximum atomic E-state index is 13.6. The number of nitrogens with zero attached hydrogens (tertiary/aromatic N) is 2. The summed E-state index contributed by atoms with van der Waals surface area (Å²) < 4.78 is 51.0. The second kappa shape index (κ2) is 6.79. The minimum absolute atomic E-state index is 0.137. The van der Waals surface area contributed by atoms with Crippen molar-refractivity contribution in [2.75, 3.05) is 13.7 Å². The van der Waals surface area contributed by atoms with Crippen LogP contribution in [0.3, 0.4) is 0 Å². The molecule has 1 aliphatic carbocycles. The zero-order valence-corrected chi connectivity index (χ0v) is 14.1. The second-order valence-corrected chi connectivity index (χ2v) is 6.28. The molecule has 1 saturated carbocycles. The predicted octanol–water partition coefficient (Wildman–Crippen LogP) is 2.71. The van der Waals surface area contributed by atoms with Crippen LogP contribution in [-0.4, -0.2) is 47.4 Å². The van der Waals surface area contributed by atoms with Gasteiger partial charge in [0.1, 0.15) is 11.5 Å². The third kappa shape index (κ3) is 3.11. The lowest BCUT2D eigenvalue weighted by atomic mass is 9.80. The van der Waals surface area contributed by atoms with Gasteiger partial charge in [-0.05, 0) is 43.5 Å². The van der Waals surface area contributed by atoms with Crippen LogP contribution < -0.4 is 9.47 Å². The first-order chi connectivity index (χ1) is 12.3. The molecular weight excluding hydrogens is 353 g/mol. The summed E-state index contributed by atoms with van der Waals surface area (Å²) in [5.74, 6) is -1.41. The molecule has 3 rings (SSSR count). The Labute approximate surface area is 148 Å². The first-order valence-corrected chi connectivity index (χ1v) is 8.23. The molecule has 142 valence electrons. The molecule has 1 amide bonds. The Morgan fingerprint density at radius 2 is 1.96 bits per heavy atom. The summed E-state index contributed by atoms with van der Waals surface area (Å²) in [7, 11) is 1.49. The van der Waals surface area contributed by atoms with Crippen LogP contribution in [0.25, 0.3) is 0 Å². The average Bonchev–Trinajstić information content (AvgIpc) is 2.94. The number of halogens is 3. The van der Waals surface area contributed by atoms with Gasteiger partial charge >= 0.3 is 6.18 Å². The largest absolute Gasteiger partial charge is 0.497 e. The van der Waals surface area contributed by atoms with Crippen LogP contribution in [0.2, 0.25) is 0 Å². The number of ether oxygens (including phenoxy) is 2. The number of carbonyl (C=O) groups excluding carboxylic acids is 1. The Morgan fingerprint density at radius 1 is 1.31 bits per heavy atom. The van der Waals surface area contributed by atoms with Gasteiger partial charge in [0.05, 0.1) is 13.0 Å². The number of aliphatic hydroxyl groups is 1. The summed E-state index contributed by atoms with van der Waals surface area (Å²) in [5, 5.41) is 14.4. The van der Waals surface area contributed by atoms with Crippen molar-refractivity contribution in [2.45, 2.75) is 37.6 Å². The van der Waals surface area contributed by atoms with Gasteiger partial charge in [-0.15, -0.1) is 0 Å².